The van der Waals surface area contributed by atoms with Crippen LogP contribution >= 0.6 is 0 Å². The van der Waals surface area contributed by atoms with E-state index >= 15 is 0 Å². The zero-order valence-electron chi connectivity index (χ0n) is 18.2. The molecule has 0 atom stereocenters. The molecule has 4 heterocycles. The lowest BCUT2D eigenvalue weighted by atomic mass is 10.2. The van der Waals surface area contributed by atoms with Crippen LogP contribution in [0, 0.1) is 18.6 Å². The molecule has 170 valence electrons. The molecule has 0 aliphatic carbocycles. The Labute approximate surface area is 193 Å². The Morgan fingerprint density at radius 2 is 1.88 bits per heavy atom. The van der Waals surface area contributed by atoms with Gasteiger partial charge in [0, 0.05) is 43.0 Å². The number of rotatable bonds is 6. The molecular formula is C25H20F2N6O. The van der Waals surface area contributed by atoms with Gasteiger partial charge in [0.05, 0.1) is 12.1 Å². The maximum atomic E-state index is 14.2. The number of hydrogen-bond acceptors (Lipinski definition) is 4. The van der Waals surface area contributed by atoms with Crippen molar-refractivity contribution in [1.29, 1.82) is 0 Å². The number of carbonyl (C=O) groups excluding carboxylic acids is 1. The minimum absolute atomic E-state index is 0.188. The molecule has 0 saturated heterocycles. The van der Waals surface area contributed by atoms with E-state index in [4.69, 9.17) is 0 Å². The molecule has 0 saturated carbocycles. The highest BCUT2D eigenvalue weighted by molar-refractivity contribution is 5.99. The second-order valence-electron chi connectivity index (χ2n) is 7.82. The van der Waals surface area contributed by atoms with E-state index in [0.29, 0.717) is 35.0 Å². The maximum Gasteiger partial charge on any atom is 0.272 e. The molecule has 1 amide bonds. The fraction of sp³-hybridized carbons (Fsp3) is 0.120. The van der Waals surface area contributed by atoms with Crippen molar-refractivity contribution in [2.45, 2.75) is 20.0 Å². The van der Waals surface area contributed by atoms with E-state index in [2.05, 4.69) is 20.3 Å². The number of benzene rings is 1. The fourth-order valence-corrected chi connectivity index (χ4v) is 3.76. The average Bonchev–Trinajstić information content (AvgIpc) is 3.40. The summed E-state index contributed by atoms with van der Waals surface area (Å²) in [7, 11) is 0. The van der Waals surface area contributed by atoms with Crippen LogP contribution in [0.2, 0.25) is 0 Å². The Morgan fingerprint density at radius 1 is 1.06 bits per heavy atom. The molecule has 1 aromatic carbocycles. The largest absolute Gasteiger partial charge is 0.347 e. The van der Waals surface area contributed by atoms with Crippen molar-refractivity contribution >= 4 is 11.4 Å². The van der Waals surface area contributed by atoms with Gasteiger partial charge in [-0.05, 0) is 42.8 Å². The van der Waals surface area contributed by atoms with Crippen LogP contribution in [-0.2, 0) is 13.1 Å². The lowest BCUT2D eigenvalue weighted by Crippen LogP contribution is -2.23. The third-order valence-corrected chi connectivity index (χ3v) is 5.53. The molecule has 9 heteroatoms. The number of amides is 1. The van der Waals surface area contributed by atoms with Gasteiger partial charge in [0.1, 0.15) is 23.2 Å². The van der Waals surface area contributed by atoms with Crippen LogP contribution in [0.3, 0.4) is 0 Å². The first kappa shape index (κ1) is 21.4. The van der Waals surface area contributed by atoms with Gasteiger partial charge in [-0.25, -0.2) is 18.7 Å². The van der Waals surface area contributed by atoms with Gasteiger partial charge in [-0.3, -0.25) is 14.2 Å². The number of hydrogen-bond donors (Lipinski definition) is 1. The number of fused-ring (bicyclic) bond motifs is 1. The Bertz CT molecular complexity index is 1490. The Balaban J connectivity index is 1.46. The summed E-state index contributed by atoms with van der Waals surface area (Å²) in [5, 5.41) is 2.89. The van der Waals surface area contributed by atoms with Gasteiger partial charge in [0.2, 0.25) is 0 Å². The third kappa shape index (κ3) is 4.15. The van der Waals surface area contributed by atoms with Crippen LogP contribution in [0.4, 0.5) is 8.78 Å². The minimum atomic E-state index is -0.622. The Hall–Kier alpha value is -4.40. The van der Waals surface area contributed by atoms with E-state index in [1.54, 1.807) is 34.5 Å². The van der Waals surface area contributed by atoms with Crippen LogP contribution < -0.4 is 5.32 Å². The van der Waals surface area contributed by atoms with E-state index < -0.39 is 11.6 Å². The first-order valence-electron chi connectivity index (χ1n) is 10.6. The quantitative estimate of drug-likeness (QED) is 0.415. The van der Waals surface area contributed by atoms with Gasteiger partial charge in [0.15, 0.2) is 11.5 Å². The van der Waals surface area contributed by atoms with Crippen LogP contribution in [0.25, 0.3) is 17.0 Å². The van der Waals surface area contributed by atoms with E-state index in [0.717, 1.165) is 11.6 Å². The molecule has 0 radical (unpaired) electrons. The van der Waals surface area contributed by atoms with Crippen molar-refractivity contribution in [2.75, 3.05) is 0 Å². The molecule has 5 aromatic rings. The molecule has 5 rings (SSSR count). The smallest absolute Gasteiger partial charge is 0.272 e. The lowest BCUT2D eigenvalue weighted by Gasteiger charge is -2.06. The number of carbonyl (C=O) groups is 1. The second-order valence-corrected chi connectivity index (χ2v) is 7.82. The summed E-state index contributed by atoms with van der Waals surface area (Å²) in [5.41, 5.74) is 2.73. The van der Waals surface area contributed by atoms with Crippen molar-refractivity contribution in [3.63, 3.8) is 0 Å². The van der Waals surface area contributed by atoms with Gasteiger partial charge in [-0.15, -0.1) is 0 Å². The molecule has 0 aliphatic rings. The molecule has 0 spiro atoms. The lowest BCUT2D eigenvalue weighted by molar-refractivity contribution is 0.0948. The van der Waals surface area contributed by atoms with Crippen molar-refractivity contribution in [1.82, 2.24) is 29.2 Å². The molecule has 7 nitrogen and oxygen atoms in total. The van der Waals surface area contributed by atoms with Gasteiger partial charge in [-0.2, -0.15) is 0 Å². The van der Waals surface area contributed by atoms with Gasteiger partial charge in [0.25, 0.3) is 5.91 Å². The standard InChI is InChI=1S/C25H20F2N6O/c1-16-30-21(15-32(16)14-18-5-6-19(26)12-20(18)27)24-31-23(22-4-2-3-11-33(22)24)25(34)29-13-17-7-9-28-10-8-17/h2-12,15H,13-14H2,1H3,(H,29,34). The summed E-state index contributed by atoms with van der Waals surface area (Å²) in [6.45, 7) is 2.33. The molecule has 0 bridgehead atoms. The van der Waals surface area contributed by atoms with Crippen LogP contribution in [-0.4, -0.2) is 29.8 Å². The first-order valence-corrected chi connectivity index (χ1v) is 10.6. The summed E-state index contributed by atoms with van der Waals surface area (Å²) in [5.74, 6) is -0.422. The number of pyridine rings is 2. The zero-order valence-corrected chi connectivity index (χ0v) is 18.2. The number of nitrogens with zero attached hydrogens (tertiary/aromatic N) is 5. The normalized spacial score (nSPS) is 11.1. The van der Waals surface area contributed by atoms with E-state index in [1.165, 1.54) is 12.1 Å². The first-order chi connectivity index (χ1) is 16.5. The highest BCUT2D eigenvalue weighted by Gasteiger charge is 2.20. The van der Waals surface area contributed by atoms with Crippen molar-refractivity contribution in [2.24, 2.45) is 0 Å². The average molecular weight is 458 g/mol. The number of aromatic nitrogens is 5. The molecular weight excluding hydrogens is 438 g/mol. The molecule has 0 unspecified atom stereocenters. The van der Waals surface area contributed by atoms with Crippen LogP contribution in [0.5, 0.6) is 0 Å². The summed E-state index contributed by atoms with van der Waals surface area (Å²) in [6.07, 6.45) is 6.90. The van der Waals surface area contributed by atoms with Crippen molar-refractivity contribution < 1.29 is 13.6 Å². The minimum Gasteiger partial charge on any atom is -0.347 e. The Kier molecular flexibility index (Phi) is 5.59. The number of aryl methyl sites for hydroxylation is 1. The third-order valence-electron chi connectivity index (χ3n) is 5.53. The molecule has 34 heavy (non-hydrogen) atoms. The summed E-state index contributed by atoms with van der Waals surface area (Å²) in [4.78, 5) is 26.1. The monoisotopic (exact) mass is 458 g/mol. The number of halogens is 2. The molecule has 4 aromatic heterocycles. The van der Waals surface area contributed by atoms with Crippen LogP contribution in [0.15, 0.2) is 73.3 Å². The SMILES string of the molecule is Cc1nc(-c2nc(C(=O)NCc3ccncc3)c3ccccn23)cn1Cc1ccc(F)cc1F. The predicted octanol–water partition coefficient (Wildman–Crippen LogP) is 4.16. The molecule has 1 N–H and O–H groups in total. The fourth-order valence-electron chi connectivity index (χ4n) is 3.76. The van der Waals surface area contributed by atoms with Gasteiger partial charge in [-0.1, -0.05) is 12.1 Å². The Morgan fingerprint density at radius 3 is 2.68 bits per heavy atom. The van der Waals surface area contributed by atoms with E-state index in [9.17, 15) is 13.6 Å². The van der Waals surface area contributed by atoms with E-state index in [-0.39, 0.29) is 18.1 Å². The number of nitrogens with one attached hydrogen (secondary N) is 1. The van der Waals surface area contributed by atoms with E-state index in [1.807, 2.05) is 36.5 Å². The second kappa shape index (κ2) is 8.86. The highest BCUT2D eigenvalue weighted by Crippen LogP contribution is 2.23. The predicted molar refractivity (Wildman–Crippen MR) is 122 cm³/mol. The maximum absolute atomic E-state index is 14.2. The summed E-state index contributed by atoms with van der Waals surface area (Å²) < 4.78 is 31.0. The summed E-state index contributed by atoms with van der Waals surface area (Å²) >= 11 is 0. The number of imidazole rings is 2. The van der Waals surface area contributed by atoms with Gasteiger partial charge < -0.3 is 9.88 Å². The topological polar surface area (TPSA) is 77.1 Å². The molecule has 0 aliphatic heterocycles. The molecule has 0 fully saturated rings. The zero-order chi connectivity index (χ0) is 23.7. The highest BCUT2D eigenvalue weighted by atomic mass is 19.1. The van der Waals surface area contributed by atoms with Crippen LogP contribution in [0.1, 0.15) is 27.4 Å². The van der Waals surface area contributed by atoms with Gasteiger partial charge >= 0.3 is 0 Å². The summed E-state index contributed by atoms with van der Waals surface area (Å²) in [6, 6.07) is 12.7. The van der Waals surface area contributed by atoms with Crippen molar-refractivity contribution in [3.8, 4) is 11.5 Å². The van der Waals surface area contributed by atoms with Crippen molar-refractivity contribution in [3.05, 3.63) is 108 Å².